The van der Waals surface area contributed by atoms with Gasteiger partial charge in [0.2, 0.25) is 0 Å². The van der Waals surface area contributed by atoms with Crippen LogP contribution in [0.1, 0.15) is 18.5 Å². The molecule has 0 aliphatic carbocycles. The summed E-state index contributed by atoms with van der Waals surface area (Å²) < 4.78 is 0. The lowest BCUT2D eigenvalue weighted by molar-refractivity contribution is -0.682. The fourth-order valence-corrected chi connectivity index (χ4v) is 2.94. The molecule has 0 spiro atoms. The van der Waals surface area contributed by atoms with Crippen LogP contribution in [-0.4, -0.2) is 17.4 Å². The van der Waals surface area contributed by atoms with Gasteiger partial charge in [0.05, 0.1) is 4.92 Å². The molecule has 6 nitrogen and oxygen atoms in total. The van der Waals surface area contributed by atoms with Crippen molar-refractivity contribution in [3.8, 4) is 0 Å². The smallest absolute Gasteiger partial charge is 0.279 e. The van der Waals surface area contributed by atoms with Crippen molar-refractivity contribution in [3.63, 3.8) is 0 Å². The van der Waals surface area contributed by atoms with Gasteiger partial charge in [-0.1, -0.05) is 42.5 Å². The van der Waals surface area contributed by atoms with Crippen molar-refractivity contribution in [1.29, 1.82) is 0 Å². The molecule has 0 heterocycles. The number of anilines is 1. The van der Waals surface area contributed by atoms with Gasteiger partial charge in [-0.3, -0.25) is 14.9 Å². The molecule has 0 aliphatic rings. The zero-order chi connectivity index (χ0) is 18.5. The van der Waals surface area contributed by atoms with E-state index in [-0.39, 0.29) is 24.2 Å². The van der Waals surface area contributed by atoms with Crippen LogP contribution in [0.3, 0.4) is 0 Å². The quantitative estimate of drug-likeness (QED) is 0.529. The van der Waals surface area contributed by atoms with Crippen molar-refractivity contribution in [2.45, 2.75) is 13.0 Å². The normalized spacial score (nSPS) is 11.9. The third-order valence-corrected chi connectivity index (χ3v) is 4.33. The first-order valence-electron chi connectivity index (χ1n) is 8.40. The molecule has 0 aromatic heterocycles. The Morgan fingerprint density at radius 1 is 1.08 bits per heavy atom. The SMILES string of the molecule is C[C@H]([NH2+]CC(=O)Nc1ccc([N+](=O)[O-])cc1)c1cccc2ccccc12. The topological polar surface area (TPSA) is 88.8 Å². The van der Waals surface area contributed by atoms with Gasteiger partial charge in [0.15, 0.2) is 6.54 Å². The summed E-state index contributed by atoms with van der Waals surface area (Å²) in [7, 11) is 0. The number of amides is 1. The Balaban J connectivity index is 1.61. The molecule has 26 heavy (non-hydrogen) atoms. The number of nitrogens with two attached hydrogens (primary N) is 1. The number of fused-ring (bicyclic) bond motifs is 1. The molecule has 6 heteroatoms. The zero-order valence-electron chi connectivity index (χ0n) is 14.4. The van der Waals surface area contributed by atoms with Crippen LogP contribution in [0.15, 0.2) is 66.7 Å². The Bertz CT molecular complexity index is 933. The number of quaternary nitrogens is 1. The number of benzene rings is 3. The lowest BCUT2D eigenvalue weighted by atomic mass is 10.00. The summed E-state index contributed by atoms with van der Waals surface area (Å²) in [5, 5.41) is 17.8. The standard InChI is InChI=1S/C20H19N3O3/c1-14(18-8-4-6-15-5-2-3-7-19(15)18)21-13-20(24)22-16-9-11-17(12-10-16)23(25)26/h2-12,14,21H,13H2,1H3,(H,22,24)/p+1/t14-/m0/s1. The van der Waals surface area contributed by atoms with E-state index in [1.807, 2.05) is 23.5 Å². The van der Waals surface area contributed by atoms with Gasteiger partial charge in [-0.15, -0.1) is 0 Å². The second-order valence-corrected chi connectivity index (χ2v) is 6.15. The summed E-state index contributed by atoms with van der Waals surface area (Å²) in [6, 6.07) is 20.3. The molecule has 0 bridgehead atoms. The van der Waals surface area contributed by atoms with Gasteiger partial charge < -0.3 is 10.6 Å². The predicted molar refractivity (Wildman–Crippen MR) is 101 cm³/mol. The van der Waals surface area contributed by atoms with E-state index in [1.165, 1.54) is 40.6 Å². The molecule has 3 aromatic carbocycles. The number of rotatable bonds is 6. The van der Waals surface area contributed by atoms with E-state index in [1.54, 1.807) is 0 Å². The van der Waals surface area contributed by atoms with Crippen molar-refractivity contribution in [3.05, 3.63) is 82.4 Å². The minimum absolute atomic E-state index is 0.000797. The number of nitro groups is 1. The monoisotopic (exact) mass is 350 g/mol. The molecule has 3 N–H and O–H groups in total. The second-order valence-electron chi connectivity index (χ2n) is 6.15. The van der Waals surface area contributed by atoms with Crippen LogP contribution in [0.25, 0.3) is 10.8 Å². The Morgan fingerprint density at radius 3 is 2.50 bits per heavy atom. The maximum Gasteiger partial charge on any atom is 0.279 e. The van der Waals surface area contributed by atoms with E-state index in [0.717, 1.165) is 0 Å². The van der Waals surface area contributed by atoms with Gasteiger partial charge >= 0.3 is 0 Å². The van der Waals surface area contributed by atoms with Crippen LogP contribution in [0.2, 0.25) is 0 Å². The number of hydrogen-bond donors (Lipinski definition) is 2. The van der Waals surface area contributed by atoms with Crippen molar-refractivity contribution in [2.24, 2.45) is 0 Å². The number of nitrogens with one attached hydrogen (secondary N) is 1. The molecule has 0 radical (unpaired) electrons. The highest BCUT2D eigenvalue weighted by Gasteiger charge is 2.14. The lowest BCUT2D eigenvalue weighted by Gasteiger charge is -2.13. The number of carbonyl (C=O) groups is 1. The van der Waals surface area contributed by atoms with Gasteiger partial charge in [-0.05, 0) is 29.8 Å². The molecule has 0 saturated carbocycles. The molecule has 0 unspecified atom stereocenters. The summed E-state index contributed by atoms with van der Waals surface area (Å²) in [5.74, 6) is -0.147. The number of nitro benzene ring substituents is 1. The summed E-state index contributed by atoms with van der Waals surface area (Å²) in [6.07, 6.45) is 0. The van der Waals surface area contributed by atoms with Crippen LogP contribution in [0.4, 0.5) is 11.4 Å². The molecule has 132 valence electrons. The molecule has 0 fully saturated rings. The highest BCUT2D eigenvalue weighted by molar-refractivity contribution is 5.91. The van der Waals surface area contributed by atoms with Gasteiger partial charge in [-0.2, -0.15) is 0 Å². The molecule has 3 aromatic rings. The van der Waals surface area contributed by atoms with E-state index in [2.05, 4.69) is 36.5 Å². The average Bonchev–Trinajstić information content (AvgIpc) is 2.66. The van der Waals surface area contributed by atoms with Crippen LogP contribution < -0.4 is 10.6 Å². The van der Waals surface area contributed by atoms with Crippen LogP contribution in [0.5, 0.6) is 0 Å². The maximum atomic E-state index is 12.2. The fraction of sp³-hybridized carbons (Fsp3) is 0.150. The summed E-state index contributed by atoms with van der Waals surface area (Å²) in [4.78, 5) is 22.3. The van der Waals surface area contributed by atoms with Crippen LogP contribution in [0, 0.1) is 10.1 Å². The Morgan fingerprint density at radius 2 is 1.77 bits per heavy atom. The summed E-state index contributed by atoms with van der Waals surface area (Å²) in [6.45, 7) is 2.34. The fourth-order valence-electron chi connectivity index (χ4n) is 2.94. The molecule has 1 atom stereocenters. The van der Waals surface area contributed by atoms with Crippen molar-refractivity contribution in [2.75, 3.05) is 11.9 Å². The Labute approximate surface area is 151 Å². The molecule has 0 saturated heterocycles. The van der Waals surface area contributed by atoms with Crippen molar-refractivity contribution in [1.82, 2.24) is 0 Å². The number of hydrogen-bond acceptors (Lipinski definition) is 3. The molecule has 3 rings (SSSR count). The first-order chi connectivity index (χ1) is 12.5. The number of nitrogens with zero attached hydrogens (tertiary/aromatic N) is 1. The third-order valence-electron chi connectivity index (χ3n) is 4.33. The second kappa shape index (κ2) is 7.76. The van der Waals surface area contributed by atoms with Gasteiger partial charge in [0, 0.05) is 23.4 Å². The van der Waals surface area contributed by atoms with E-state index in [4.69, 9.17) is 0 Å². The first-order valence-corrected chi connectivity index (χ1v) is 8.40. The van der Waals surface area contributed by atoms with E-state index in [9.17, 15) is 14.9 Å². The predicted octanol–water partition coefficient (Wildman–Crippen LogP) is 3.01. The minimum Gasteiger partial charge on any atom is -0.332 e. The molecular formula is C20H20N3O3+. The zero-order valence-corrected chi connectivity index (χ0v) is 14.4. The maximum absolute atomic E-state index is 12.2. The van der Waals surface area contributed by atoms with Gasteiger partial charge in [0.25, 0.3) is 11.6 Å². The van der Waals surface area contributed by atoms with E-state index in [0.29, 0.717) is 5.69 Å². The first kappa shape index (κ1) is 17.6. The van der Waals surface area contributed by atoms with Crippen LogP contribution in [-0.2, 0) is 4.79 Å². The van der Waals surface area contributed by atoms with Crippen molar-refractivity contribution >= 4 is 28.1 Å². The average molecular weight is 350 g/mol. The largest absolute Gasteiger partial charge is 0.332 e. The number of non-ortho nitro benzene ring substituents is 1. The van der Waals surface area contributed by atoms with Crippen LogP contribution >= 0.6 is 0 Å². The van der Waals surface area contributed by atoms with Gasteiger partial charge in [0.1, 0.15) is 6.04 Å². The molecule has 0 aliphatic heterocycles. The Hall–Kier alpha value is -3.25. The summed E-state index contributed by atoms with van der Waals surface area (Å²) in [5.41, 5.74) is 1.73. The minimum atomic E-state index is -0.467. The molecular weight excluding hydrogens is 330 g/mol. The Kier molecular flexibility index (Phi) is 5.24. The number of carbonyl (C=O) groups excluding carboxylic acids is 1. The summed E-state index contributed by atoms with van der Waals surface area (Å²) >= 11 is 0. The van der Waals surface area contributed by atoms with E-state index >= 15 is 0 Å². The van der Waals surface area contributed by atoms with Crippen molar-refractivity contribution < 1.29 is 15.0 Å². The van der Waals surface area contributed by atoms with Gasteiger partial charge in [-0.25, -0.2) is 0 Å². The highest BCUT2D eigenvalue weighted by Crippen LogP contribution is 2.22. The molecule has 1 amide bonds. The third kappa shape index (κ3) is 4.04. The van der Waals surface area contributed by atoms with E-state index < -0.39 is 4.92 Å². The highest BCUT2D eigenvalue weighted by atomic mass is 16.6. The lowest BCUT2D eigenvalue weighted by Crippen LogP contribution is -2.86.